The van der Waals surface area contributed by atoms with Gasteiger partial charge in [0.1, 0.15) is 11.6 Å². The molecule has 1 atom stereocenters. The average molecular weight is 337 g/mol. The number of hydrogen-bond donors (Lipinski definition) is 2. The Morgan fingerprint density at radius 2 is 2.20 bits per heavy atom. The zero-order valence-corrected chi connectivity index (χ0v) is 13.9. The molecule has 1 aliphatic heterocycles. The van der Waals surface area contributed by atoms with Crippen molar-refractivity contribution in [3.63, 3.8) is 0 Å². The van der Waals surface area contributed by atoms with E-state index in [-0.39, 0.29) is 11.8 Å². The molecule has 2 aromatic carbocycles. The van der Waals surface area contributed by atoms with Crippen LogP contribution in [0.5, 0.6) is 5.75 Å². The number of hydrogen-bond acceptors (Lipinski definition) is 4. The number of H-pyrrole nitrogens is 1. The van der Waals surface area contributed by atoms with E-state index < -0.39 is 0 Å². The smallest absolute Gasteiger partial charge is 0.230 e. The van der Waals surface area contributed by atoms with Crippen molar-refractivity contribution in [3.05, 3.63) is 42.5 Å². The van der Waals surface area contributed by atoms with Crippen molar-refractivity contribution in [1.82, 2.24) is 9.97 Å². The Labute approximate surface area is 145 Å². The van der Waals surface area contributed by atoms with Crippen molar-refractivity contribution in [2.45, 2.75) is 6.42 Å². The van der Waals surface area contributed by atoms with E-state index in [9.17, 15) is 4.79 Å². The first-order chi connectivity index (χ1) is 12.2. The number of benzene rings is 2. The third-order valence-electron chi connectivity index (χ3n) is 4.42. The Bertz CT molecular complexity index is 880. The van der Waals surface area contributed by atoms with Crippen LogP contribution in [0.15, 0.2) is 42.5 Å². The topological polar surface area (TPSA) is 76.2 Å². The minimum atomic E-state index is -0.112. The summed E-state index contributed by atoms with van der Waals surface area (Å²) < 4.78 is 10.7. The van der Waals surface area contributed by atoms with Gasteiger partial charge in [0.25, 0.3) is 0 Å². The van der Waals surface area contributed by atoms with Crippen molar-refractivity contribution >= 4 is 22.6 Å². The number of carbonyl (C=O) groups excluding carboxylic acids is 1. The van der Waals surface area contributed by atoms with Crippen LogP contribution < -0.4 is 10.1 Å². The predicted molar refractivity (Wildman–Crippen MR) is 95.6 cm³/mol. The van der Waals surface area contributed by atoms with E-state index in [0.717, 1.165) is 28.8 Å². The van der Waals surface area contributed by atoms with Gasteiger partial charge < -0.3 is 19.8 Å². The van der Waals surface area contributed by atoms with Gasteiger partial charge in [-0.15, -0.1) is 0 Å². The van der Waals surface area contributed by atoms with Gasteiger partial charge in [0, 0.05) is 12.2 Å². The maximum atomic E-state index is 12.4. The number of para-hydroxylation sites is 2. The first kappa shape index (κ1) is 15.7. The molecule has 2 N–H and O–H groups in total. The molecule has 1 saturated heterocycles. The Morgan fingerprint density at radius 1 is 1.32 bits per heavy atom. The van der Waals surface area contributed by atoms with Crippen LogP contribution in [-0.4, -0.2) is 36.2 Å². The van der Waals surface area contributed by atoms with Crippen LogP contribution in [0.25, 0.3) is 22.4 Å². The lowest BCUT2D eigenvalue weighted by atomic mass is 10.1. The highest BCUT2D eigenvalue weighted by Gasteiger charge is 2.24. The Morgan fingerprint density at radius 3 is 2.96 bits per heavy atom. The Hall–Kier alpha value is -2.86. The molecule has 2 heterocycles. The lowest BCUT2D eigenvalue weighted by Crippen LogP contribution is -2.23. The first-order valence-electron chi connectivity index (χ1n) is 8.26. The normalized spacial score (nSPS) is 16.9. The molecule has 4 rings (SSSR count). The molecule has 0 aliphatic carbocycles. The Kier molecular flexibility index (Phi) is 4.11. The van der Waals surface area contributed by atoms with E-state index >= 15 is 0 Å². The lowest BCUT2D eigenvalue weighted by molar-refractivity contribution is -0.119. The number of carbonyl (C=O) groups is 1. The van der Waals surface area contributed by atoms with Crippen molar-refractivity contribution in [1.29, 1.82) is 0 Å². The van der Waals surface area contributed by atoms with Gasteiger partial charge in [-0.1, -0.05) is 12.1 Å². The second-order valence-electron chi connectivity index (χ2n) is 6.07. The number of amides is 1. The number of rotatable bonds is 4. The monoisotopic (exact) mass is 337 g/mol. The van der Waals surface area contributed by atoms with Gasteiger partial charge in [0.2, 0.25) is 5.91 Å². The largest absolute Gasteiger partial charge is 0.495 e. The maximum absolute atomic E-state index is 12.4. The highest BCUT2D eigenvalue weighted by atomic mass is 16.5. The van der Waals surface area contributed by atoms with Gasteiger partial charge in [-0.25, -0.2) is 4.98 Å². The molecule has 0 spiro atoms. The third kappa shape index (κ3) is 3.08. The van der Waals surface area contributed by atoms with Crippen LogP contribution in [0.2, 0.25) is 0 Å². The molecule has 1 amide bonds. The van der Waals surface area contributed by atoms with Gasteiger partial charge in [-0.05, 0) is 36.8 Å². The van der Waals surface area contributed by atoms with Crippen LogP contribution in [-0.2, 0) is 9.53 Å². The van der Waals surface area contributed by atoms with Gasteiger partial charge in [-0.2, -0.15) is 0 Å². The molecular weight excluding hydrogens is 318 g/mol. The van der Waals surface area contributed by atoms with E-state index in [4.69, 9.17) is 9.47 Å². The van der Waals surface area contributed by atoms with E-state index in [1.165, 1.54) is 0 Å². The molecule has 6 heteroatoms. The minimum absolute atomic E-state index is 0.0439. The molecule has 25 heavy (non-hydrogen) atoms. The van der Waals surface area contributed by atoms with Crippen molar-refractivity contribution in [2.75, 3.05) is 25.6 Å². The first-order valence-corrected chi connectivity index (χ1v) is 8.26. The SMILES string of the molecule is COc1ccc(-c2nc3ccccc3[nH]2)cc1NC(=O)[C@@H]1CCOC1. The molecule has 6 nitrogen and oxygen atoms in total. The van der Waals surface area contributed by atoms with Crippen molar-refractivity contribution < 1.29 is 14.3 Å². The van der Waals surface area contributed by atoms with Crippen molar-refractivity contribution in [3.8, 4) is 17.1 Å². The van der Waals surface area contributed by atoms with Gasteiger partial charge >= 0.3 is 0 Å². The summed E-state index contributed by atoms with van der Waals surface area (Å²) in [7, 11) is 1.59. The van der Waals surface area contributed by atoms with Crippen LogP contribution >= 0.6 is 0 Å². The minimum Gasteiger partial charge on any atom is -0.495 e. The number of aromatic nitrogens is 2. The molecule has 0 saturated carbocycles. The summed E-state index contributed by atoms with van der Waals surface area (Å²) in [6, 6.07) is 13.5. The standard InChI is InChI=1S/C19H19N3O3/c1-24-17-7-6-12(18-20-14-4-2-3-5-15(14)21-18)10-16(17)22-19(23)13-8-9-25-11-13/h2-7,10,13H,8-9,11H2,1H3,(H,20,21)(H,22,23)/t13-/m1/s1. The van der Waals surface area contributed by atoms with E-state index in [0.29, 0.717) is 24.7 Å². The fraction of sp³-hybridized carbons (Fsp3) is 0.263. The van der Waals surface area contributed by atoms with Gasteiger partial charge in [0.15, 0.2) is 0 Å². The predicted octanol–water partition coefficient (Wildman–Crippen LogP) is 3.21. The molecule has 128 valence electrons. The zero-order valence-electron chi connectivity index (χ0n) is 13.9. The molecule has 0 radical (unpaired) electrons. The third-order valence-corrected chi connectivity index (χ3v) is 4.42. The summed E-state index contributed by atoms with van der Waals surface area (Å²) in [5, 5.41) is 2.96. The second-order valence-corrected chi connectivity index (χ2v) is 6.07. The number of anilines is 1. The summed E-state index contributed by atoms with van der Waals surface area (Å²) in [6.07, 6.45) is 0.747. The summed E-state index contributed by atoms with van der Waals surface area (Å²) in [4.78, 5) is 20.3. The maximum Gasteiger partial charge on any atom is 0.230 e. The van der Waals surface area contributed by atoms with Gasteiger partial charge in [0.05, 0.1) is 36.4 Å². The van der Waals surface area contributed by atoms with Crippen molar-refractivity contribution in [2.24, 2.45) is 5.92 Å². The number of fused-ring (bicyclic) bond motifs is 1. The number of nitrogens with zero attached hydrogens (tertiary/aromatic N) is 1. The quantitative estimate of drug-likeness (QED) is 0.766. The lowest BCUT2D eigenvalue weighted by Gasteiger charge is -2.13. The van der Waals surface area contributed by atoms with Crippen LogP contribution in [0, 0.1) is 5.92 Å². The number of nitrogens with one attached hydrogen (secondary N) is 2. The highest BCUT2D eigenvalue weighted by molar-refractivity contribution is 5.95. The van der Waals surface area contributed by atoms with E-state index in [1.54, 1.807) is 7.11 Å². The average Bonchev–Trinajstić information content (AvgIpc) is 3.31. The second kappa shape index (κ2) is 6.57. The molecule has 0 bridgehead atoms. The number of imidazole rings is 1. The van der Waals surface area contributed by atoms with E-state index in [2.05, 4.69) is 15.3 Å². The molecule has 1 aromatic heterocycles. The number of aromatic amines is 1. The van der Waals surface area contributed by atoms with Crippen LogP contribution in [0.4, 0.5) is 5.69 Å². The van der Waals surface area contributed by atoms with E-state index in [1.807, 2.05) is 42.5 Å². The van der Waals surface area contributed by atoms with Crippen LogP contribution in [0.1, 0.15) is 6.42 Å². The molecular formula is C19H19N3O3. The number of methoxy groups -OCH3 is 1. The van der Waals surface area contributed by atoms with Crippen LogP contribution in [0.3, 0.4) is 0 Å². The molecule has 3 aromatic rings. The summed E-state index contributed by atoms with van der Waals surface area (Å²) >= 11 is 0. The Balaban J connectivity index is 1.66. The molecule has 0 unspecified atom stereocenters. The highest BCUT2D eigenvalue weighted by Crippen LogP contribution is 2.31. The number of ether oxygens (including phenoxy) is 2. The summed E-state index contributed by atoms with van der Waals surface area (Å²) in [5.41, 5.74) is 3.40. The van der Waals surface area contributed by atoms with Gasteiger partial charge in [-0.3, -0.25) is 4.79 Å². The molecule has 1 aliphatic rings. The molecule has 1 fully saturated rings. The summed E-state index contributed by atoms with van der Waals surface area (Å²) in [6.45, 7) is 1.10. The fourth-order valence-electron chi connectivity index (χ4n) is 3.02. The zero-order chi connectivity index (χ0) is 17.2. The fourth-order valence-corrected chi connectivity index (χ4v) is 3.02. The summed E-state index contributed by atoms with van der Waals surface area (Å²) in [5.74, 6) is 1.22.